The standard InChI is InChI=1S/C31H27N5O.2HI/c1-35-19-15-29(16-20-35)32-26-9-7-24(8-10-26)23-3-5-25(6-4-23)31(37)34-28-13-11-27(12-14-28)33-30-17-21-36(2)22-18-30;;/h3-22H,1-2H3,(H,34,37);2*1H. The topological polar surface area (TPSA) is 60.9 Å². The van der Waals surface area contributed by atoms with Crippen LogP contribution in [-0.4, -0.2) is 5.91 Å². The van der Waals surface area contributed by atoms with Gasteiger partial charge in [0.05, 0.1) is 11.4 Å². The van der Waals surface area contributed by atoms with Crippen molar-refractivity contribution in [2.24, 2.45) is 14.1 Å². The molecule has 2 aromatic heterocycles. The van der Waals surface area contributed by atoms with Crippen molar-refractivity contribution in [2.75, 3.05) is 16.0 Å². The average Bonchev–Trinajstić information content (AvgIpc) is 2.93. The fourth-order valence-electron chi connectivity index (χ4n) is 3.90. The second-order valence-corrected chi connectivity index (χ2v) is 8.94. The highest BCUT2D eigenvalue weighted by atomic mass is 127. The fraction of sp³-hybridized carbons (Fsp3) is 0.0645. The quantitative estimate of drug-likeness (QED) is 0.160. The zero-order valence-corrected chi connectivity index (χ0v) is 25.9. The van der Waals surface area contributed by atoms with Gasteiger partial charge in [-0.2, -0.15) is 0 Å². The molecule has 0 aliphatic rings. The summed E-state index contributed by atoms with van der Waals surface area (Å²) in [5, 5.41) is 9.73. The van der Waals surface area contributed by atoms with Crippen LogP contribution in [0.1, 0.15) is 10.4 Å². The Balaban J connectivity index is 0.00000210. The Kier molecular flexibility index (Phi) is 10.8. The van der Waals surface area contributed by atoms with Crippen LogP contribution in [-0.2, 0) is 14.1 Å². The van der Waals surface area contributed by atoms with Gasteiger partial charge < -0.3 is 63.9 Å². The first-order valence-corrected chi connectivity index (χ1v) is 12.1. The number of hydrogen-bond acceptors (Lipinski definition) is 3. The van der Waals surface area contributed by atoms with Gasteiger partial charge in [0.2, 0.25) is 0 Å². The van der Waals surface area contributed by atoms with Crippen molar-refractivity contribution in [1.82, 2.24) is 0 Å². The van der Waals surface area contributed by atoms with Gasteiger partial charge in [-0.25, -0.2) is 9.13 Å². The Bertz CT molecular complexity index is 1490. The zero-order chi connectivity index (χ0) is 25.6. The minimum absolute atomic E-state index is 0. The average molecular weight is 741 g/mol. The van der Waals surface area contributed by atoms with Gasteiger partial charge in [-0.05, 0) is 59.7 Å². The predicted molar refractivity (Wildman–Crippen MR) is 148 cm³/mol. The van der Waals surface area contributed by atoms with Crippen molar-refractivity contribution in [1.29, 1.82) is 0 Å². The predicted octanol–water partition coefficient (Wildman–Crippen LogP) is -0.250. The molecule has 5 aromatic rings. The molecule has 6 nitrogen and oxygen atoms in total. The highest BCUT2D eigenvalue weighted by molar-refractivity contribution is 6.04. The lowest BCUT2D eigenvalue weighted by molar-refractivity contribution is -0.671. The van der Waals surface area contributed by atoms with Gasteiger partial charge in [0, 0.05) is 46.9 Å². The number of halogens is 2. The van der Waals surface area contributed by atoms with E-state index in [9.17, 15) is 4.79 Å². The van der Waals surface area contributed by atoms with Crippen LogP contribution in [0.2, 0.25) is 0 Å². The number of benzene rings is 3. The summed E-state index contributed by atoms with van der Waals surface area (Å²) in [7, 11) is 3.98. The molecule has 0 fully saturated rings. The largest absolute Gasteiger partial charge is 1.00 e. The lowest BCUT2D eigenvalue weighted by Crippen LogP contribution is -3.00. The first-order valence-electron chi connectivity index (χ1n) is 12.1. The number of aryl methyl sites for hydroxylation is 2. The van der Waals surface area contributed by atoms with Crippen LogP contribution in [0.4, 0.5) is 28.4 Å². The molecule has 198 valence electrons. The molecule has 3 N–H and O–H groups in total. The van der Waals surface area contributed by atoms with Gasteiger partial charge in [0.25, 0.3) is 5.91 Å². The number of carbonyl (C=O) groups is 1. The zero-order valence-electron chi connectivity index (χ0n) is 21.6. The first-order chi connectivity index (χ1) is 18.0. The van der Waals surface area contributed by atoms with Gasteiger partial charge in [0.1, 0.15) is 14.1 Å². The second-order valence-electron chi connectivity index (χ2n) is 8.94. The molecule has 0 aliphatic heterocycles. The molecule has 0 aliphatic carbocycles. The maximum Gasteiger partial charge on any atom is 0.255 e. The molecular weight excluding hydrogens is 712 g/mol. The number of carbonyl (C=O) groups excluding carboxylic acids is 1. The van der Waals surface area contributed by atoms with E-state index < -0.39 is 0 Å². The van der Waals surface area contributed by atoms with Crippen LogP contribution in [0.15, 0.2) is 122 Å². The van der Waals surface area contributed by atoms with E-state index >= 15 is 0 Å². The van der Waals surface area contributed by atoms with Gasteiger partial charge in [0.15, 0.2) is 24.8 Å². The molecule has 0 radical (unpaired) electrons. The fourth-order valence-corrected chi connectivity index (χ4v) is 3.90. The van der Waals surface area contributed by atoms with Gasteiger partial charge >= 0.3 is 0 Å². The molecule has 0 saturated carbocycles. The molecular formula is C31H29I2N5O. The number of rotatable bonds is 7. The number of hydrogen-bond donors (Lipinski definition) is 3. The summed E-state index contributed by atoms with van der Waals surface area (Å²) >= 11 is 0. The Labute approximate surface area is 263 Å². The van der Waals surface area contributed by atoms with Crippen LogP contribution >= 0.6 is 0 Å². The molecule has 39 heavy (non-hydrogen) atoms. The van der Waals surface area contributed by atoms with E-state index in [4.69, 9.17) is 0 Å². The summed E-state index contributed by atoms with van der Waals surface area (Å²) in [6, 6.07) is 31.7. The molecule has 1 amide bonds. The third kappa shape index (κ3) is 8.24. The third-order valence-corrected chi connectivity index (χ3v) is 6.04. The minimum atomic E-state index is -0.140. The van der Waals surface area contributed by atoms with E-state index in [1.165, 1.54) is 0 Å². The lowest BCUT2D eigenvalue weighted by atomic mass is 10.0. The summed E-state index contributed by atoms with van der Waals surface area (Å²) in [4.78, 5) is 12.8. The van der Waals surface area contributed by atoms with Crippen LogP contribution in [0.3, 0.4) is 0 Å². The van der Waals surface area contributed by atoms with E-state index in [-0.39, 0.29) is 53.9 Å². The van der Waals surface area contributed by atoms with Crippen LogP contribution in [0, 0.1) is 0 Å². The highest BCUT2D eigenvalue weighted by Gasteiger charge is 2.08. The summed E-state index contributed by atoms with van der Waals surface area (Å²) < 4.78 is 3.98. The molecule has 0 unspecified atom stereocenters. The van der Waals surface area contributed by atoms with E-state index in [2.05, 4.69) is 40.2 Å². The summed E-state index contributed by atoms with van der Waals surface area (Å²) in [6.45, 7) is 0. The van der Waals surface area contributed by atoms with E-state index in [1.54, 1.807) is 0 Å². The van der Waals surface area contributed by atoms with Crippen molar-refractivity contribution < 1.29 is 61.9 Å². The van der Waals surface area contributed by atoms with Crippen molar-refractivity contribution >= 4 is 34.3 Å². The van der Waals surface area contributed by atoms with E-state index in [1.807, 2.05) is 121 Å². The van der Waals surface area contributed by atoms with Crippen LogP contribution in [0.5, 0.6) is 0 Å². The Morgan fingerprint density at radius 2 is 0.821 bits per heavy atom. The molecule has 0 bridgehead atoms. The van der Waals surface area contributed by atoms with Crippen molar-refractivity contribution in [3.8, 4) is 11.1 Å². The maximum atomic E-state index is 12.8. The maximum absolute atomic E-state index is 12.8. The number of nitrogens with one attached hydrogen (secondary N) is 3. The van der Waals surface area contributed by atoms with Gasteiger partial charge in [-0.3, -0.25) is 4.79 Å². The summed E-state index contributed by atoms with van der Waals surface area (Å²) in [5.41, 5.74) is 7.52. The number of aromatic nitrogens is 2. The van der Waals surface area contributed by atoms with Crippen LogP contribution < -0.4 is 73.0 Å². The highest BCUT2D eigenvalue weighted by Crippen LogP contribution is 2.24. The monoisotopic (exact) mass is 741 g/mol. The number of amides is 1. The number of anilines is 5. The molecule has 3 aromatic carbocycles. The third-order valence-electron chi connectivity index (χ3n) is 6.04. The van der Waals surface area contributed by atoms with Crippen molar-refractivity contribution in [3.63, 3.8) is 0 Å². The Morgan fingerprint density at radius 1 is 0.487 bits per heavy atom. The summed E-state index contributed by atoms with van der Waals surface area (Å²) in [5.74, 6) is -0.140. The lowest BCUT2D eigenvalue weighted by Gasteiger charge is -2.10. The van der Waals surface area contributed by atoms with Crippen molar-refractivity contribution in [2.45, 2.75) is 0 Å². The minimum Gasteiger partial charge on any atom is -1.00 e. The van der Waals surface area contributed by atoms with E-state index in [0.29, 0.717) is 5.56 Å². The number of pyridine rings is 2. The molecule has 0 saturated heterocycles. The Hall–Kier alpha value is -3.51. The first kappa shape index (κ1) is 30.0. The van der Waals surface area contributed by atoms with Crippen molar-refractivity contribution in [3.05, 3.63) is 127 Å². The molecule has 2 heterocycles. The summed E-state index contributed by atoms with van der Waals surface area (Å²) in [6.07, 6.45) is 7.99. The second kappa shape index (κ2) is 14.0. The molecule has 0 spiro atoms. The molecule has 5 rings (SSSR count). The normalized spacial score (nSPS) is 10.0. The number of nitrogens with zero attached hydrogens (tertiary/aromatic N) is 2. The SMILES string of the molecule is C[n+]1ccc(Nc2ccc(NC(=O)c3ccc(-c4ccc(Nc5cc[n+](C)cc5)cc4)cc3)cc2)cc1.[I-].[I-]. The smallest absolute Gasteiger partial charge is 0.255 e. The Morgan fingerprint density at radius 3 is 1.26 bits per heavy atom. The van der Waals surface area contributed by atoms with Gasteiger partial charge in [-0.1, -0.05) is 24.3 Å². The van der Waals surface area contributed by atoms with Gasteiger partial charge in [-0.15, -0.1) is 0 Å². The van der Waals surface area contributed by atoms with E-state index in [0.717, 1.165) is 39.6 Å². The molecule has 8 heteroatoms. The van der Waals surface area contributed by atoms with Crippen LogP contribution in [0.25, 0.3) is 11.1 Å². The molecule has 0 atom stereocenters.